The molecular formula is C19H19ClF2N2O2. The molecule has 0 aliphatic heterocycles. The fourth-order valence-electron chi connectivity index (χ4n) is 2.57. The van der Waals surface area contributed by atoms with Gasteiger partial charge in [0.1, 0.15) is 11.6 Å². The maximum absolute atomic E-state index is 13.1. The zero-order valence-electron chi connectivity index (χ0n) is 14.4. The van der Waals surface area contributed by atoms with Crippen molar-refractivity contribution in [3.63, 3.8) is 0 Å². The van der Waals surface area contributed by atoms with Gasteiger partial charge in [0.15, 0.2) is 0 Å². The number of carbonyl (C=O) groups is 2. The summed E-state index contributed by atoms with van der Waals surface area (Å²) < 4.78 is 26.2. The van der Waals surface area contributed by atoms with Crippen LogP contribution in [0.2, 0.25) is 5.02 Å². The van der Waals surface area contributed by atoms with Crippen LogP contribution in [-0.2, 0) is 9.59 Å². The van der Waals surface area contributed by atoms with Gasteiger partial charge in [0.2, 0.25) is 11.8 Å². The first-order valence-corrected chi connectivity index (χ1v) is 8.44. The lowest BCUT2D eigenvalue weighted by Gasteiger charge is -2.20. The van der Waals surface area contributed by atoms with Crippen LogP contribution in [0.1, 0.15) is 25.3 Å². The molecule has 2 amide bonds. The Bertz CT molecular complexity index is 795. The van der Waals surface area contributed by atoms with Gasteiger partial charge in [-0.3, -0.25) is 9.59 Å². The molecule has 1 unspecified atom stereocenters. The van der Waals surface area contributed by atoms with Crippen molar-refractivity contribution in [2.24, 2.45) is 5.92 Å². The van der Waals surface area contributed by atoms with Gasteiger partial charge in [-0.25, -0.2) is 8.78 Å². The van der Waals surface area contributed by atoms with Crippen molar-refractivity contribution in [2.75, 3.05) is 11.9 Å². The van der Waals surface area contributed by atoms with E-state index in [0.29, 0.717) is 11.3 Å². The molecule has 2 aromatic carbocycles. The minimum absolute atomic E-state index is 0.0422. The molecule has 7 heteroatoms. The second kappa shape index (κ2) is 8.76. The van der Waals surface area contributed by atoms with Crippen LogP contribution in [0, 0.1) is 17.6 Å². The van der Waals surface area contributed by atoms with Crippen molar-refractivity contribution < 1.29 is 18.4 Å². The number of halogens is 3. The minimum Gasteiger partial charge on any atom is -0.346 e. The van der Waals surface area contributed by atoms with Gasteiger partial charge >= 0.3 is 0 Å². The lowest BCUT2D eigenvalue weighted by atomic mass is 9.87. The van der Waals surface area contributed by atoms with Crippen molar-refractivity contribution >= 4 is 29.1 Å². The van der Waals surface area contributed by atoms with E-state index in [2.05, 4.69) is 10.6 Å². The Balaban J connectivity index is 1.97. The molecule has 0 aliphatic rings. The zero-order chi connectivity index (χ0) is 19.3. The van der Waals surface area contributed by atoms with Crippen LogP contribution in [0.5, 0.6) is 0 Å². The normalized spacial score (nSPS) is 11.9. The van der Waals surface area contributed by atoms with E-state index < -0.39 is 17.6 Å². The van der Waals surface area contributed by atoms with E-state index in [1.807, 2.05) is 13.8 Å². The molecule has 1 atom stereocenters. The van der Waals surface area contributed by atoms with Crippen LogP contribution in [0.25, 0.3) is 0 Å². The zero-order valence-corrected chi connectivity index (χ0v) is 15.1. The number of hydrogen-bond acceptors (Lipinski definition) is 2. The van der Waals surface area contributed by atoms with E-state index >= 15 is 0 Å². The van der Waals surface area contributed by atoms with Crippen molar-refractivity contribution in [2.45, 2.75) is 19.8 Å². The Kier molecular flexibility index (Phi) is 6.69. The summed E-state index contributed by atoms with van der Waals surface area (Å²) in [5.74, 6) is -2.32. The average Bonchev–Trinajstić information content (AvgIpc) is 2.58. The Hall–Kier alpha value is -2.47. The molecule has 2 N–H and O–H groups in total. The molecule has 0 saturated heterocycles. The molecule has 0 saturated carbocycles. The van der Waals surface area contributed by atoms with Crippen LogP contribution < -0.4 is 10.6 Å². The van der Waals surface area contributed by atoms with E-state index in [1.165, 1.54) is 24.3 Å². The van der Waals surface area contributed by atoms with Gasteiger partial charge in [-0.05, 0) is 41.8 Å². The van der Waals surface area contributed by atoms with E-state index in [0.717, 1.165) is 6.07 Å². The molecule has 0 aromatic heterocycles. The molecule has 4 nitrogen and oxygen atoms in total. The SMILES string of the molecule is CC(C)C(C(=O)NCC(=O)Nc1ccc(F)c(Cl)c1)c1ccc(F)cc1. The molecule has 0 aliphatic carbocycles. The average molecular weight is 381 g/mol. The number of anilines is 1. The highest BCUT2D eigenvalue weighted by Gasteiger charge is 2.24. The summed E-state index contributed by atoms with van der Waals surface area (Å²) in [5.41, 5.74) is 0.999. The first kappa shape index (κ1) is 19.8. The number of rotatable bonds is 6. The van der Waals surface area contributed by atoms with Crippen LogP contribution in [0.15, 0.2) is 42.5 Å². The Labute approximate surface area is 155 Å². The first-order chi connectivity index (χ1) is 12.3. The Morgan fingerprint density at radius 3 is 2.31 bits per heavy atom. The standard InChI is InChI=1S/C19H19ClF2N2O2/c1-11(2)18(12-3-5-13(21)6-4-12)19(26)23-10-17(25)24-14-7-8-16(22)15(20)9-14/h3-9,11,18H,10H2,1-2H3,(H,23,26)(H,24,25). The Morgan fingerprint density at radius 1 is 1.08 bits per heavy atom. The molecular weight excluding hydrogens is 362 g/mol. The molecule has 26 heavy (non-hydrogen) atoms. The summed E-state index contributed by atoms with van der Waals surface area (Å²) in [6.45, 7) is 3.49. The maximum atomic E-state index is 13.1. The summed E-state index contributed by atoms with van der Waals surface area (Å²) in [4.78, 5) is 24.4. The molecule has 0 fully saturated rings. The van der Waals surface area contributed by atoms with Gasteiger partial charge in [0, 0.05) is 5.69 Å². The summed E-state index contributed by atoms with van der Waals surface area (Å²) in [6, 6.07) is 9.49. The molecule has 0 radical (unpaired) electrons. The number of carbonyl (C=O) groups excluding carboxylic acids is 2. The quantitative estimate of drug-likeness (QED) is 0.792. The van der Waals surface area contributed by atoms with E-state index in [1.54, 1.807) is 12.1 Å². The molecule has 2 rings (SSSR count). The van der Waals surface area contributed by atoms with Gasteiger partial charge in [0.25, 0.3) is 0 Å². The predicted molar refractivity (Wildman–Crippen MR) is 97.0 cm³/mol. The van der Waals surface area contributed by atoms with Crippen molar-refractivity contribution in [3.05, 3.63) is 64.7 Å². The van der Waals surface area contributed by atoms with Crippen molar-refractivity contribution in [1.29, 1.82) is 0 Å². The second-order valence-electron chi connectivity index (χ2n) is 6.17. The van der Waals surface area contributed by atoms with Crippen LogP contribution in [-0.4, -0.2) is 18.4 Å². The third-order valence-corrected chi connectivity index (χ3v) is 4.09. The smallest absolute Gasteiger partial charge is 0.243 e. The third-order valence-electron chi connectivity index (χ3n) is 3.80. The first-order valence-electron chi connectivity index (χ1n) is 8.06. The number of hydrogen-bond donors (Lipinski definition) is 2. The summed E-state index contributed by atoms with van der Waals surface area (Å²) >= 11 is 5.66. The Morgan fingerprint density at radius 2 is 1.73 bits per heavy atom. The van der Waals surface area contributed by atoms with Crippen LogP contribution >= 0.6 is 11.6 Å². The summed E-state index contributed by atoms with van der Waals surface area (Å²) in [7, 11) is 0. The molecule has 138 valence electrons. The monoisotopic (exact) mass is 380 g/mol. The van der Waals surface area contributed by atoms with Gasteiger partial charge < -0.3 is 10.6 Å². The van der Waals surface area contributed by atoms with E-state index in [9.17, 15) is 18.4 Å². The molecule has 0 bridgehead atoms. The largest absolute Gasteiger partial charge is 0.346 e. The fourth-order valence-corrected chi connectivity index (χ4v) is 2.75. The summed E-state index contributed by atoms with van der Waals surface area (Å²) in [6.07, 6.45) is 0. The molecule has 2 aromatic rings. The lowest BCUT2D eigenvalue weighted by Crippen LogP contribution is -2.37. The molecule has 0 heterocycles. The fraction of sp³-hybridized carbons (Fsp3) is 0.263. The highest BCUT2D eigenvalue weighted by Crippen LogP contribution is 2.25. The van der Waals surface area contributed by atoms with Crippen LogP contribution in [0.3, 0.4) is 0 Å². The van der Waals surface area contributed by atoms with E-state index in [-0.39, 0.29) is 29.2 Å². The van der Waals surface area contributed by atoms with Crippen LogP contribution in [0.4, 0.5) is 14.5 Å². The minimum atomic E-state index is -0.586. The lowest BCUT2D eigenvalue weighted by molar-refractivity contribution is -0.126. The van der Waals surface area contributed by atoms with Crippen molar-refractivity contribution in [1.82, 2.24) is 5.32 Å². The second-order valence-corrected chi connectivity index (χ2v) is 6.58. The highest BCUT2D eigenvalue weighted by molar-refractivity contribution is 6.31. The topological polar surface area (TPSA) is 58.2 Å². The number of benzene rings is 2. The van der Waals surface area contributed by atoms with Gasteiger partial charge in [-0.15, -0.1) is 0 Å². The van der Waals surface area contributed by atoms with E-state index in [4.69, 9.17) is 11.6 Å². The number of amides is 2. The third kappa shape index (κ3) is 5.26. The maximum Gasteiger partial charge on any atom is 0.243 e. The molecule has 0 spiro atoms. The van der Waals surface area contributed by atoms with Gasteiger partial charge in [0.05, 0.1) is 17.5 Å². The predicted octanol–water partition coefficient (Wildman–Crippen LogP) is 4.11. The number of nitrogens with one attached hydrogen (secondary N) is 2. The van der Waals surface area contributed by atoms with Gasteiger partial charge in [-0.2, -0.15) is 0 Å². The van der Waals surface area contributed by atoms with Gasteiger partial charge in [-0.1, -0.05) is 37.6 Å². The van der Waals surface area contributed by atoms with Crippen molar-refractivity contribution in [3.8, 4) is 0 Å². The summed E-state index contributed by atoms with van der Waals surface area (Å²) in [5, 5.41) is 4.99. The highest BCUT2D eigenvalue weighted by atomic mass is 35.5.